The highest BCUT2D eigenvalue weighted by atomic mass is 35.5. The Balaban J connectivity index is 0.00000176. The van der Waals surface area contributed by atoms with Crippen LogP contribution in [-0.2, 0) is 6.42 Å². The van der Waals surface area contributed by atoms with Gasteiger partial charge in [-0.05, 0) is 42.2 Å². The highest BCUT2D eigenvalue weighted by molar-refractivity contribution is 5.95. The van der Waals surface area contributed by atoms with Crippen molar-refractivity contribution >= 4 is 24.0 Å². The predicted molar refractivity (Wildman–Crippen MR) is 92.8 cm³/mol. The SMILES string of the molecule is CCC(NC(=O)c1ccc2c(c1)CCN2)c1ccccc1.Cl. The van der Waals surface area contributed by atoms with Crippen LogP contribution in [0, 0.1) is 0 Å². The maximum absolute atomic E-state index is 12.5. The number of halogens is 1. The zero-order chi connectivity index (χ0) is 14.7. The minimum Gasteiger partial charge on any atom is -0.384 e. The molecule has 4 heteroatoms. The minimum atomic E-state index is 0. The van der Waals surface area contributed by atoms with Gasteiger partial charge in [0.15, 0.2) is 0 Å². The lowest BCUT2D eigenvalue weighted by Crippen LogP contribution is -2.28. The fourth-order valence-electron chi connectivity index (χ4n) is 2.79. The summed E-state index contributed by atoms with van der Waals surface area (Å²) in [6, 6.07) is 16.1. The maximum Gasteiger partial charge on any atom is 0.251 e. The molecule has 0 fully saturated rings. The second-order valence-corrected chi connectivity index (χ2v) is 5.39. The summed E-state index contributed by atoms with van der Waals surface area (Å²) < 4.78 is 0. The standard InChI is InChI=1S/C18H20N2O.ClH/c1-2-16(13-6-4-3-5-7-13)20-18(21)15-8-9-17-14(12-15)10-11-19-17;/h3-9,12,16,19H,2,10-11H2,1H3,(H,20,21);1H. The van der Waals surface area contributed by atoms with Gasteiger partial charge >= 0.3 is 0 Å². The molecule has 0 saturated carbocycles. The molecule has 22 heavy (non-hydrogen) atoms. The van der Waals surface area contributed by atoms with Gasteiger partial charge in [0.25, 0.3) is 5.91 Å². The minimum absolute atomic E-state index is 0. The number of rotatable bonds is 4. The lowest BCUT2D eigenvalue weighted by atomic mass is 10.0. The van der Waals surface area contributed by atoms with Crippen LogP contribution in [0.5, 0.6) is 0 Å². The Bertz CT molecular complexity index is 643. The number of benzene rings is 2. The summed E-state index contributed by atoms with van der Waals surface area (Å²) in [4.78, 5) is 12.5. The molecule has 1 unspecified atom stereocenters. The molecule has 1 heterocycles. The van der Waals surface area contributed by atoms with E-state index in [1.54, 1.807) is 0 Å². The molecule has 2 aromatic carbocycles. The molecule has 1 aliphatic heterocycles. The van der Waals surface area contributed by atoms with Crippen LogP contribution in [0.3, 0.4) is 0 Å². The van der Waals surface area contributed by atoms with Gasteiger partial charge in [0.05, 0.1) is 6.04 Å². The predicted octanol–water partition coefficient (Wildman–Crippen LogP) is 3.96. The van der Waals surface area contributed by atoms with Crippen LogP contribution in [0.2, 0.25) is 0 Å². The van der Waals surface area contributed by atoms with Crippen LogP contribution in [0.4, 0.5) is 5.69 Å². The fraction of sp³-hybridized carbons (Fsp3) is 0.278. The van der Waals surface area contributed by atoms with Gasteiger partial charge in [-0.1, -0.05) is 37.3 Å². The normalized spacial score (nSPS) is 13.5. The molecule has 0 aromatic heterocycles. The summed E-state index contributed by atoms with van der Waals surface area (Å²) in [5.41, 5.74) is 4.28. The number of anilines is 1. The number of fused-ring (bicyclic) bond motifs is 1. The van der Waals surface area contributed by atoms with Gasteiger partial charge in [-0.2, -0.15) is 0 Å². The number of nitrogens with one attached hydrogen (secondary N) is 2. The Labute approximate surface area is 137 Å². The molecule has 2 N–H and O–H groups in total. The van der Waals surface area contributed by atoms with Crippen molar-refractivity contribution in [3.8, 4) is 0 Å². The van der Waals surface area contributed by atoms with Crippen molar-refractivity contribution in [3.63, 3.8) is 0 Å². The third kappa shape index (κ3) is 3.42. The van der Waals surface area contributed by atoms with Gasteiger partial charge in [-0.15, -0.1) is 12.4 Å². The van der Waals surface area contributed by atoms with Crippen molar-refractivity contribution in [2.75, 3.05) is 11.9 Å². The third-order valence-electron chi connectivity index (χ3n) is 3.99. The molecule has 0 spiro atoms. The van der Waals surface area contributed by atoms with Crippen LogP contribution < -0.4 is 10.6 Å². The van der Waals surface area contributed by atoms with Gasteiger partial charge in [-0.3, -0.25) is 4.79 Å². The Kier molecular flexibility index (Phi) is 5.45. The lowest BCUT2D eigenvalue weighted by molar-refractivity contribution is 0.0935. The molecular formula is C18H21ClN2O. The summed E-state index contributed by atoms with van der Waals surface area (Å²) in [5.74, 6) is 0.000373. The van der Waals surface area contributed by atoms with Crippen molar-refractivity contribution in [3.05, 3.63) is 65.2 Å². The lowest BCUT2D eigenvalue weighted by Gasteiger charge is -2.17. The molecule has 3 rings (SSSR count). The number of carbonyl (C=O) groups excluding carboxylic acids is 1. The highest BCUT2D eigenvalue weighted by Gasteiger charge is 2.16. The molecular weight excluding hydrogens is 296 g/mol. The van der Waals surface area contributed by atoms with E-state index in [0.29, 0.717) is 0 Å². The first-order chi connectivity index (χ1) is 10.3. The molecule has 2 aromatic rings. The van der Waals surface area contributed by atoms with Crippen molar-refractivity contribution in [1.82, 2.24) is 5.32 Å². The molecule has 0 radical (unpaired) electrons. The molecule has 1 atom stereocenters. The van der Waals surface area contributed by atoms with E-state index in [-0.39, 0.29) is 24.4 Å². The van der Waals surface area contributed by atoms with Crippen LogP contribution in [-0.4, -0.2) is 12.5 Å². The van der Waals surface area contributed by atoms with E-state index in [1.165, 1.54) is 5.56 Å². The summed E-state index contributed by atoms with van der Waals surface area (Å²) in [7, 11) is 0. The van der Waals surface area contributed by atoms with E-state index in [2.05, 4.69) is 29.7 Å². The molecule has 0 aliphatic carbocycles. The number of carbonyl (C=O) groups is 1. The van der Waals surface area contributed by atoms with Gasteiger partial charge < -0.3 is 10.6 Å². The molecule has 3 nitrogen and oxygen atoms in total. The summed E-state index contributed by atoms with van der Waals surface area (Å²) in [6.45, 7) is 3.05. The number of hydrogen-bond donors (Lipinski definition) is 2. The van der Waals surface area contributed by atoms with Crippen LogP contribution in [0.15, 0.2) is 48.5 Å². The first-order valence-electron chi connectivity index (χ1n) is 7.50. The second-order valence-electron chi connectivity index (χ2n) is 5.39. The van der Waals surface area contributed by atoms with Gasteiger partial charge in [-0.25, -0.2) is 0 Å². The Morgan fingerprint density at radius 1 is 1.23 bits per heavy atom. The van der Waals surface area contributed by atoms with E-state index >= 15 is 0 Å². The van der Waals surface area contributed by atoms with Crippen molar-refractivity contribution in [1.29, 1.82) is 0 Å². The van der Waals surface area contributed by atoms with E-state index in [0.717, 1.165) is 36.2 Å². The molecule has 1 aliphatic rings. The van der Waals surface area contributed by atoms with Crippen molar-refractivity contribution < 1.29 is 4.79 Å². The molecule has 0 saturated heterocycles. The number of amides is 1. The summed E-state index contributed by atoms with van der Waals surface area (Å²) in [6.07, 6.45) is 1.87. The average molecular weight is 317 g/mol. The van der Waals surface area contributed by atoms with Gasteiger partial charge in [0.2, 0.25) is 0 Å². The first-order valence-corrected chi connectivity index (χ1v) is 7.50. The Hall–Kier alpha value is -2.00. The van der Waals surface area contributed by atoms with E-state index < -0.39 is 0 Å². The van der Waals surface area contributed by atoms with Crippen LogP contribution >= 0.6 is 12.4 Å². The summed E-state index contributed by atoms with van der Waals surface area (Å²) in [5, 5.41) is 6.44. The monoisotopic (exact) mass is 316 g/mol. The quantitative estimate of drug-likeness (QED) is 0.896. The zero-order valence-corrected chi connectivity index (χ0v) is 13.5. The largest absolute Gasteiger partial charge is 0.384 e. The van der Waals surface area contributed by atoms with Gasteiger partial charge in [0.1, 0.15) is 0 Å². The average Bonchev–Trinajstić information content (AvgIpc) is 3.00. The summed E-state index contributed by atoms with van der Waals surface area (Å²) >= 11 is 0. The second kappa shape index (κ2) is 7.32. The van der Waals surface area contributed by atoms with Crippen LogP contribution in [0.25, 0.3) is 0 Å². The number of hydrogen-bond acceptors (Lipinski definition) is 2. The van der Waals surface area contributed by atoms with E-state index in [4.69, 9.17) is 0 Å². The van der Waals surface area contributed by atoms with Crippen molar-refractivity contribution in [2.45, 2.75) is 25.8 Å². The zero-order valence-electron chi connectivity index (χ0n) is 12.6. The smallest absolute Gasteiger partial charge is 0.251 e. The third-order valence-corrected chi connectivity index (χ3v) is 3.99. The molecule has 116 valence electrons. The first kappa shape index (κ1) is 16.4. The maximum atomic E-state index is 12.5. The highest BCUT2D eigenvalue weighted by Crippen LogP contribution is 2.23. The molecule has 0 bridgehead atoms. The van der Waals surface area contributed by atoms with E-state index in [1.807, 2.05) is 36.4 Å². The fourth-order valence-corrected chi connectivity index (χ4v) is 2.79. The van der Waals surface area contributed by atoms with E-state index in [9.17, 15) is 4.79 Å². The van der Waals surface area contributed by atoms with Crippen LogP contribution in [0.1, 0.15) is 40.9 Å². The molecule has 1 amide bonds. The topological polar surface area (TPSA) is 41.1 Å². The Morgan fingerprint density at radius 3 is 2.73 bits per heavy atom. The Morgan fingerprint density at radius 2 is 2.00 bits per heavy atom. The van der Waals surface area contributed by atoms with Gasteiger partial charge in [0, 0.05) is 17.8 Å². The van der Waals surface area contributed by atoms with Crippen molar-refractivity contribution in [2.24, 2.45) is 0 Å².